The van der Waals surface area contributed by atoms with Gasteiger partial charge in [0.05, 0.1) is 11.7 Å². The van der Waals surface area contributed by atoms with E-state index in [9.17, 15) is 5.11 Å². The molecule has 0 aromatic carbocycles. The van der Waals surface area contributed by atoms with Gasteiger partial charge in [0.25, 0.3) is 0 Å². The summed E-state index contributed by atoms with van der Waals surface area (Å²) in [5.41, 5.74) is -0.628. The maximum atomic E-state index is 10.4. The number of hydrogen-bond donors (Lipinski definition) is 1. The maximum Gasteiger partial charge on any atom is 0.0917 e. The summed E-state index contributed by atoms with van der Waals surface area (Å²) in [6.45, 7) is 1.83. The van der Waals surface area contributed by atoms with Crippen molar-refractivity contribution in [2.75, 3.05) is 7.11 Å². The lowest BCUT2D eigenvalue weighted by Crippen LogP contribution is -2.45. The predicted octanol–water partition coefficient (Wildman–Crippen LogP) is 2.11. The summed E-state index contributed by atoms with van der Waals surface area (Å²) in [5.74, 6) is 5.86. The molecule has 80 valence electrons. The first-order valence-electron chi connectivity index (χ1n) is 5.38. The number of rotatable bonds is 3. The Morgan fingerprint density at radius 1 is 1.50 bits per heavy atom. The second-order valence-electron chi connectivity index (χ2n) is 4.00. The fraction of sp³-hybridized carbons (Fsp3) is 0.833. The molecule has 0 aromatic rings. The van der Waals surface area contributed by atoms with Crippen LogP contribution in [0.25, 0.3) is 0 Å². The minimum atomic E-state index is -0.628. The molecule has 1 aliphatic rings. The third-order valence-corrected chi connectivity index (χ3v) is 3.07. The Bertz CT molecular complexity index is 226. The molecule has 14 heavy (non-hydrogen) atoms. The van der Waals surface area contributed by atoms with E-state index in [0.29, 0.717) is 0 Å². The second kappa shape index (κ2) is 5.38. The zero-order chi connectivity index (χ0) is 10.4. The van der Waals surface area contributed by atoms with Gasteiger partial charge in [0.1, 0.15) is 0 Å². The first-order valence-corrected chi connectivity index (χ1v) is 5.38. The lowest BCUT2D eigenvalue weighted by atomic mass is 9.79. The van der Waals surface area contributed by atoms with Crippen molar-refractivity contribution >= 4 is 0 Å². The Hall–Kier alpha value is -0.520. The highest BCUT2D eigenvalue weighted by Crippen LogP contribution is 2.33. The Morgan fingerprint density at radius 3 is 2.93 bits per heavy atom. The fourth-order valence-electron chi connectivity index (χ4n) is 2.22. The molecule has 0 amide bonds. The lowest BCUT2D eigenvalue weighted by molar-refractivity contribution is -0.120. The maximum absolute atomic E-state index is 10.4. The molecule has 1 rings (SSSR count). The van der Waals surface area contributed by atoms with E-state index in [0.717, 1.165) is 32.1 Å². The average molecular weight is 196 g/mol. The molecule has 0 saturated heterocycles. The van der Waals surface area contributed by atoms with Crippen LogP contribution >= 0.6 is 0 Å². The van der Waals surface area contributed by atoms with Crippen molar-refractivity contribution in [1.29, 1.82) is 0 Å². The summed E-state index contributed by atoms with van der Waals surface area (Å²) in [5, 5.41) is 10.4. The summed E-state index contributed by atoms with van der Waals surface area (Å²) >= 11 is 0. The van der Waals surface area contributed by atoms with E-state index in [1.807, 2.05) is 6.92 Å². The van der Waals surface area contributed by atoms with Crippen molar-refractivity contribution in [3.8, 4) is 11.8 Å². The monoisotopic (exact) mass is 196 g/mol. The largest absolute Gasteiger partial charge is 0.387 e. The molecule has 0 spiro atoms. The van der Waals surface area contributed by atoms with Crippen molar-refractivity contribution in [3.63, 3.8) is 0 Å². The zero-order valence-electron chi connectivity index (χ0n) is 9.18. The molecule has 0 radical (unpaired) electrons. The van der Waals surface area contributed by atoms with Crippen LogP contribution in [-0.2, 0) is 4.74 Å². The predicted molar refractivity (Wildman–Crippen MR) is 56.9 cm³/mol. The first kappa shape index (κ1) is 11.6. The highest BCUT2D eigenvalue weighted by atomic mass is 16.5. The number of methoxy groups -OCH3 is 1. The lowest BCUT2D eigenvalue weighted by Gasteiger charge is -2.38. The molecular formula is C12H20O2. The summed E-state index contributed by atoms with van der Waals surface area (Å²) in [6, 6.07) is 0. The number of hydrogen-bond acceptors (Lipinski definition) is 2. The van der Waals surface area contributed by atoms with Gasteiger partial charge in [-0.3, -0.25) is 0 Å². The molecule has 2 atom stereocenters. The van der Waals surface area contributed by atoms with E-state index in [4.69, 9.17) is 4.74 Å². The van der Waals surface area contributed by atoms with E-state index < -0.39 is 5.60 Å². The van der Waals surface area contributed by atoms with E-state index in [1.54, 1.807) is 7.11 Å². The van der Waals surface area contributed by atoms with E-state index in [-0.39, 0.29) is 6.10 Å². The van der Waals surface area contributed by atoms with Crippen LogP contribution in [0, 0.1) is 11.8 Å². The van der Waals surface area contributed by atoms with Crippen molar-refractivity contribution in [3.05, 3.63) is 0 Å². The van der Waals surface area contributed by atoms with Gasteiger partial charge in [-0.1, -0.05) is 12.8 Å². The number of ether oxygens (including phenoxy) is 1. The first-order chi connectivity index (χ1) is 6.73. The fourth-order valence-corrected chi connectivity index (χ4v) is 2.22. The quantitative estimate of drug-likeness (QED) is 0.700. The minimum absolute atomic E-state index is 0.00917. The summed E-state index contributed by atoms with van der Waals surface area (Å²) in [6.07, 6.45) is 5.63. The topological polar surface area (TPSA) is 29.5 Å². The van der Waals surface area contributed by atoms with E-state index in [2.05, 4.69) is 11.8 Å². The van der Waals surface area contributed by atoms with Gasteiger partial charge >= 0.3 is 0 Å². The molecule has 1 aliphatic carbocycles. The molecule has 1 fully saturated rings. The number of aliphatic hydroxyl groups is 1. The van der Waals surface area contributed by atoms with Crippen LogP contribution in [-0.4, -0.2) is 23.9 Å². The average Bonchev–Trinajstić information content (AvgIpc) is 2.19. The molecule has 2 heteroatoms. The van der Waals surface area contributed by atoms with Crippen LogP contribution in [0.2, 0.25) is 0 Å². The smallest absolute Gasteiger partial charge is 0.0917 e. The van der Waals surface area contributed by atoms with Gasteiger partial charge in [-0.2, -0.15) is 0 Å². The molecule has 0 aromatic heterocycles. The van der Waals surface area contributed by atoms with Gasteiger partial charge in [-0.05, 0) is 26.2 Å². The van der Waals surface area contributed by atoms with Crippen molar-refractivity contribution in [1.82, 2.24) is 0 Å². The van der Waals surface area contributed by atoms with Crippen LogP contribution in [0.5, 0.6) is 0 Å². The third-order valence-electron chi connectivity index (χ3n) is 3.07. The highest BCUT2D eigenvalue weighted by Gasteiger charge is 2.38. The summed E-state index contributed by atoms with van der Waals surface area (Å²) < 4.78 is 5.34. The van der Waals surface area contributed by atoms with Gasteiger partial charge in [0, 0.05) is 13.5 Å². The standard InChI is InChI=1S/C12H20O2/c1-3-4-6-9-12(13)10-7-5-8-11(12)14-2/h11,13H,5-10H2,1-2H3. The SMILES string of the molecule is CC#CCCC1(O)CCCCC1OC. The molecule has 2 unspecified atom stereocenters. The van der Waals surface area contributed by atoms with Gasteiger partial charge in [-0.25, -0.2) is 0 Å². The van der Waals surface area contributed by atoms with Crippen LogP contribution in [0.3, 0.4) is 0 Å². The van der Waals surface area contributed by atoms with Crippen LogP contribution in [0.1, 0.15) is 45.4 Å². The van der Waals surface area contributed by atoms with E-state index >= 15 is 0 Å². The van der Waals surface area contributed by atoms with Crippen molar-refractivity contribution in [2.24, 2.45) is 0 Å². The summed E-state index contributed by atoms with van der Waals surface area (Å²) in [7, 11) is 1.69. The van der Waals surface area contributed by atoms with Crippen LogP contribution < -0.4 is 0 Å². The normalized spacial score (nSPS) is 32.1. The Labute approximate surface area is 86.7 Å². The Kier molecular flexibility index (Phi) is 4.44. The van der Waals surface area contributed by atoms with Gasteiger partial charge in [0.2, 0.25) is 0 Å². The van der Waals surface area contributed by atoms with Crippen molar-refractivity contribution < 1.29 is 9.84 Å². The van der Waals surface area contributed by atoms with Gasteiger partial charge < -0.3 is 9.84 Å². The second-order valence-corrected chi connectivity index (χ2v) is 4.00. The Morgan fingerprint density at radius 2 is 2.29 bits per heavy atom. The molecule has 1 saturated carbocycles. The van der Waals surface area contributed by atoms with E-state index in [1.165, 1.54) is 6.42 Å². The molecule has 1 N–H and O–H groups in total. The molecular weight excluding hydrogens is 176 g/mol. The zero-order valence-corrected chi connectivity index (χ0v) is 9.18. The molecule has 0 bridgehead atoms. The Balaban J connectivity index is 2.52. The third kappa shape index (κ3) is 2.73. The molecule has 2 nitrogen and oxygen atoms in total. The summed E-state index contributed by atoms with van der Waals surface area (Å²) in [4.78, 5) is 0. The minimum Gasteiger partial charge on any atom is -0.387 e. The van der Waals surface area contributed by atoms with Crippen LogP contribution in [0.15, 0.2) is 0 Å². The molecule has 0 heterocycles. The van der Waals surface area contributed by atoms with Gasteiger partial charge in [-0.15, -0.1) is 11.8 Å². The van der Waals surface area contributed by atoms with Crippen LogP contribution in [0.4, 0.5) is 0 Å². The molecule has 0 aliphatic heterocycles. The highest BCUT2D eigenvalue weighted by molar-refractivity contribution is 4.99. The van der Waals surface area contributed by atoms with Gasteiger partial charge in [0.15, 0.2) is 0 Å². The van der Waals surface area contributed by atoms with Crippen molar-refractivity contribution in [2.45, 2.75) is 57.2 Å².